The van der Waals surface area contributed by atoms with Crippen molar-refractivity contribution in [2.45, 2.75) is 6.92 Å². The Labute approximate surface area is 122 Å². The Morgan fingerprint density at radius 3 is 2.65 bits per heavy atom. The highest BCUT2D eigenvalue weighted by Crippen LogP contribution is 2.30. The summed E-state index contributed by atoms with van der Waals surface area (Å²) in [5.41, 5.74) is 3.37. The summed E-state index contributed by atoms with van der Waals surface area (Å²) in [5.74, 6) is 0. The van der Waals surface area contributed by atoms with Crippen molar-refractivity contribution in [1.29, 1.82) is 0 Å². The Kier molecular flexibility index (Phi) is 3.79. The van der Waals surface area contributed by atoms with Gasteiger partial charge in [0.25, 0.3) is 0 Å². The smallest absolute Gasteiger partial charge is 0.124 e. The lowest BCUT2D eigenvalue weighted by Crippen LogP contribution is -1.97. The third kappa shape index (κ3) is 2.73. The van der Waals surface area contributed by atoms with Crippen LogP contribution in [-0.2, 0) is 0 Å². The van der Waals surface area contributed by atoms with Crippen molar-refractivity contribution >= 4 is 27.2 Å². The highest BCUT2D eigenvalue weighted by molar-refractivity contribution is 7.21. The van der Waals surface area contributed by atoms with E-state index >= 15 is 0 Å². The van der Waals surface area contributed by atoms with E-state index in [1.54, 1.807) is 11.3 Å². The van der Waals surface area contributed by atoms with Crippen molar-refractivity contribution < 1.29 is 0 Å². The van der Waals surface area contributed by atoms with Crippen molar-refractivity contribution in [2.75, 3.05) is 11.9 Å². The molecule has 0 amide bonds. The largest absolute Gasteiger partial charge is 0.382 e. The zero-order valence-electron chi connectivity index (χ0n) is 11.3. The molecule has 0 atom stereocenters. The van der Waals surface area contributed by atoms with Crippen LogP contribution in [0.15, 0.2) is 60.7 Å². The van der Waals surface area contributed by atoms with Gasteiger partial charge in [0.1, 0.15) is 5.01 Å². The second-order valence-electron chi connectivity index (χ2n) is 4.51. The SMILES string of the molecule is C/C=C/CNc1ccc(-c2nc3ccccc3s2)cc1. The van der Waals surface area contributed by atoms with Crippen molar-refractivity contribution in [3.05, 3.63) is 60.7 Å². The summed E-state index contributed by atoms with van der Waals surface area (Å²) in [6.45, 7) is 2.88. The molecule has 1 heterocycles. The summed E-state index contributed by atoms with van der Waals surface area (Å²) in [5, 5.41) is 4.42. The molecule has 3 heteroatoms. The molecule has 1 aromatic heterocycles. The second-order valence-corrected chi connectivity index (χ2v) is 5.54. The Bertz CT molecular complexity index is 693. The summed E-state index contributed by atoms with van der Waals surface area (Å²) >= 11 is 1.74. The van der Waals surface area contributed by atoms with E-state index in [0.29, 0.717) is 0 Å². The van der Waals surface area contributed by atoms with Gasteiger partial charge in [0.05, 0.1) is 10.2 Å². The maximum absolute atomic E-state index is 4.67. The maximum Gasteiger partial charge on any atom is 0.124 e. The first-order chi connectivity index (χ1) is 9.86. The second kappa shape index (κ2) is 5.88. The number of nitrogens with zero attached hydrogens (tertiary/aromatic N) is 1. The van der Waals surface area contributed by atoms with Gasteiger partial charge in [-0.3, -0.25) is 0 Å². The number of benzene rings is 2. The number of aromatic nitrogens is 1. The molecule has 3 rings (SSSR count). The third-order valence-corrected chi connectivity index (χ3v) is 4.17. The van der Waals surface area contributed by atoms with Crippen LogP contribution < -0.4 is 5.32 Å². The average molecular weight is 280 g/mol. The topological polar surface area (TPSA) is 24.9 Å². The molecule has 0 unspecified atom stereocenters. The number of hydrogen-bond acceptors (Lipinski definition) is 3. The maximum atomic E-state index is 4.67. The summed E-state index contributed by atoms with van der Waals surface area (Å²) < 4.78 is 1.23. The predicted molar refractivity (Wildman–Crippen MR) is 88.4 cm³/mol. The molecule has 0 aliphatic carbocycles. The van der Waals surface area contributed by atoms with Crippen LogP contribution in [0.25, 0.3) is 20.8 Å². The molecule has 100 valence electrons. The minimum Gasteiger partial charge on any atom is -0.382 e. The lowest BCUT2D eigenvalue weighted by Gasteiger charge is -2.03. The van der Waals surface area contributed by atoms with E-state index in [9.17, 15) is 0 Å². The molecule has 0 bridgehead atoms. The molecular formula is C17H16N2S. The third-order valence-electron chi connectivity index (χ3n) is 3.09. The van der Waals surface area contributed by atoms with Gasteiger partial charge in [0.2, 0.25) is 0 Å². The van der Waals surface area contributed by atoms with Crippen LogP contribution in [0.3, 0.4) is 0 Å². The van der Waals surface area contributed by atoms with Crippen LogP contribution in [0.4, 0.5) is 5.69 Å². The lowest BCUT2D eigenvalue weighted by atomic mass is 10.2. The molecule has 2 aromatic carbocycles. The van der Waals surface area contributed by atoms with Crippen LogP contribution >= 0.6 is 11.3 Å². The van der Waals surface area contributed by atoms with Gasteiger partial charge in [-0.2, -0.15) is 0 Å². The molecule has 0 saturated heterocycles. The number of rotatable bonds is 4. The summed E-state index contributed by atoms with van der Waals surface area (Å²) in [7, 11) is 0. The molecular weight excluding hydrogens is 264 g/mol. The molecule has 0 radical (unpaired) electrons. The molecule has 0 spiro atoms. The van der Waals surface area contributed by atoms with Gasteiger partial charge in [-0.25, -0.2) is 4.98 Å². The zero-order chi connectivity index (χ0) is 13.8. The van der Waals surface area contributed by atoms with Gasteiger partial charge in [-0.05, 0) is 43.3 Å². The van der Waals surface area contributed by atoms with E-state index < -0.39 is 0 Å². The van der Waals surface area contributed by atoms with E-state index in [0.717, 1.165) is 22.8 Å². The Morgan fingerprint density at radius 2 is 1.90 bits per heavy atom. The van der Waals surface area contributed by atoms with E-state index in [1.807, 2.05) is 19.1 Å². The highest BCUT2D eigenvalue weighted by Gasteiger charge is 2.05. The van der Waals surface area contributed by atoms with Crippen molar-refractivity contribution in [2.24, 2.45) is 0 Å². The van der Waals surface area contributed by atoms with E-state index in [2.05, 4.69) is 58.8 Å². The van der Waals surface area contributed by atoms with E-state index in [4.69, 9.17) is 0 Å². The summed E-state index contributed by atoms with van der Waals surface area (Å²) in [6, 6.07) is 16.7. The standard InChI is InChI=1S/C17H16N2S/c1-2-3-12-18-14-10-8-13(9-11-14)17-19-15-6-4-5-7-16(15)20-17/h2-11,18H,12H2,1H3/b3-2+. The monoisotopic (exact) mass is 280 g/mol. The molecule has 2 nitrogen and oxygen atoms in total. The molecule has 0 fully saturated rings. The Balaban J connectivity index is 1.83. The first kappa shape index (κ1) is 12.9. The highest BCUT2D eigenvalue weighted by atomic mass is 32.1. The number of anilines is 1. The number of nitrogens with one attached hydrogen (secondary N) is 1. The molecule has 20 heavy (non-hydrogen) atoms. The van der Waals surface area contributed by atoms with E-state index in [-0.39, 0.29) is 0 Å². The molecule has 0 aliphatic heterocycles. The van der Waals surface area contributed by atoms with Crippen LogP contribution in [0, 0.1) is 0 Å². The van der Waals surface area contributed by atoms with Crippen LogP contribution in [0.2, 0.25) is 0 Å². The first-order valence-electron chi connectivity index (χ1n) is 6.68. The van der Waals surface area contributed by atoms with Crippen LogP contribution in [0.1, 0.15) is 6.92 Å². The molecule has 0 aliphatic rings. The Hall–Kier alpha value is -2.13. The predicted octanol–water partition coefficient (Wildman–Crippen LogP) is 4.95. The van der Waals surface area contributed by atoms with E-state index in [1.165, 1.54) is 10.3 Å². The number of hydrogen-bond donors (Lipinski definition) is 1. The minimum absolute atomic E-state index is 0.858. The first-order valence-corrected chi connectivity index (χ1v) is 7.49. The molecule has 0 saturated carbocycles. The van der Waals surface area contributed by atoms with Crippen LogP contribution in [-0.4, -0.2) is 11.5 Å². The fourth-order valence-corrected chi connectivity index (χ4v) is 2.99. The van der Waals surface area contributed by atoms with Crippen LogP contribution in [0.5, 0.6) is 0 Å². The normalized spacial score (nSPS) is 11.2. The lowest BCUT2D eigenvalue weighted by molar-refractivity contribution is 1.33. The number of thiazole rings is 1. The molecule has 1 N–H and O–H groups in total. The van der Waals surface area contributed by atoms with Gasteiger partial charge in [0.15, 0.2) is 0 Å². The summed E-state index contributed by atoms with van der Waals surface area (Å²) in [6.07, 6.45) is 4.14. The molecule has 3 aromatic rings. The summed E-state index contributed by atoms with van der Waals surface area (Å²) in [4.78, 5) is 4.67. The fraction of sp³-hybridized carbons (Fsp3) is 0.118. The minimum atomic E-state index is 0.858. The number of fused-ring (bicyclic) bond motifs is 1. The van der Waals surface area contributed by atoms with Crippen molar-refractivity contribution in [3.8, 4) is 10.6 Å². The van der Waals surface area contributed by atoms with Gasteiger partial charge < -0.3 is 5.32 Å². The van der Waals surface area contributed by atoms with Gasteiger partial charge in [0, 0.05) is 17.8 Å². The van der Waals surface area contributed by atoms with Gasteiger partial charge >= 0.3 is 0 Å². The van der Waals surface area contributed by atoms with Gasteiger partial charge in [-0.15, -0.1) is 11.3 Å². The Morgan fingerprint density at radius 1 is 1.10 bits per heavy atom. The van der Waals surface area contributed by atoms with Crippen molar-refractivity contribution in [1.82, 2.24) is 4.98 Å². The quantitative estimate of drug-likeness (QED) is 0.684. The average Bonchev–Trinajstić information content (AvgIpc) is 2.92. The number of allylic oxidation sites excluding steroid dienone is 1. The zero-order valence-corrected chi connectivity index (χ0v) is 12.2. The van der Waals surface area contributed by atoms with Crippen molar-refractivity contribution in [3.63, 3.8) is 0 Å². The van der Waals surface area contributed by atoms with Gasteiger partial charge in [-0.1, -0.05) is 24.3 Å². The fourth-order valence-electron chi connectivity index (χ4n) is 2.02. The number of para-hydroxylation sites is 1.